The van der Waals surface area contributed by atoms with Crippen molar-refractivity contribution >= 4 is 17.7 Å². The molecule has 0 amide bonds. The van der Waals surface area contributed by atoms with E-state index in [1.165, 1.54) is 25.7 Å². The van der Waals surface area contributed by atoms with E-state index in [0.29, 0.717) is 12.0 Å². The Labute approximate surface area is 107 Å². The Kier molecular flexibility index (Phi) is 4.20. The van der Waals surface area contributed by atoms with Crippen molar-refractivity contribution in [3.8, 4) is 0 Å². The van der Waals surface area contributed by atoms with Crippen LogP contribution in [0.25, 0.3) is 0 Å². The third-order valence-electron chi connectivity index (χ3n) is 3.38. The maximum Gasteiger partial charge on any atom is 0.243 e. The number of anilines is 1. The number of aromatic nitrogens is 3. The topological polar surface area (TPSA) is 50.7 Å². The van der Waals surface area contributed by atoms with Gasteiger partial charge in [-0.2, -0.15) is 16.9 Å². The van der Waals surface area contributed by atoms with Crippen molar-refractivity contribution in [2.45, 2.75) is 50.8 Å². The van der Waals surface area contributed by atoms with Gasteiger partial charge in [-0.25, -0.2) is 4.98 Å². The van der Waals surface area contributed by atoms with Gasteiger partial charge in [0.15, 0.2) is 0 Å². The molecule has 0 aliphatic heterocycles. The van der Waals surface area contributed by atoms with Crippen LogP contribution in [0.15, 0.2) is 0 Å². The van der Waals surface area contributed by atoms with E-state index in [9.17, 15) is 0 Å². The number of nitrogens with one attached hydrogen (secondary N) is 1. The highest BCUT2D eigenvalue weighted by molar-refractivity contribution is 7.99. The van der Waals surface area contributed by atoms with Gasteiger partial charge in [-0.05, 0) is 39.4 Å². The lowest BCUT2D eigenvalue weighted by Gasteiger charge is -2.28. The van der Waals surface area contributed by atoms with Crippen LogP contribution >= 0.6 is 11.8 Å². The molecule has 94 valence electrons. The zero-order valence-corrected chi connectivity index (χ0v) is 11.5. The molecule has 5 heteroatoms. The van der Waals surface area contributed by atoms with E-state index in [-0.39, 0.29) is 0 Å². The summed E-state index contributed by atoms with van der Waals surface area (Å²) in [7, 11) is 0. The first-order chi connectivity index (χ1) is 8.19. The molecule has 2 unspecified atom stereocenters. The molecule has 4 nitrogen and oxygen atoms in total. The van der Waals surface area contributed by atoms with Crippen LogP contribution in [-0.4, -0.2) is 32.7 Å². The number of hydrogen-bond donors (Lipinski definition) is 1. The first kappa shape index (κ1) is 12.6. The largest absolute Gasteiger partial charge is 0.350 e. The van der Waals surface area contributed by atoms with Crippen LogP contribution < -0.4 is 5.32 Å². The summed E-state index contributed by atoms with van der Waals surface area (Å²) in [6.45, 7) is 3.91. The van der Waals surface area contributed by atoms with E-state index in [1.54, 1.807) is 0 Å². The first-order valence-electron chi connectivity index (χ1n) is 6.16. The standard InChI is InChI=1S/C12H20N4S/c1-8-9(2)15-16-12(13-8)14-10-5-4-6-11(7-10)17-3/h10-11H,4-7H2,1-3H3,(H,13,14,16). The molecule has 2 rings (SSSR count). The first-order valence-corrected chi connectivity index (χ1v) is 7.45. The predicted molar refractivity (Wildman–Crippen MR) is 72.5 cm³/mol. The molecule has 1 aromatic rings. The molecule has 0 spiro atoms. The average molecular weight is 252 g/mol. The average Bonchev–Trinajstić information content (AvgIpc) is 2.34. The number of aryl methyl sites for hydroxylation is 2. The second-order valence-corrected chi connectivity index (χ2v) is 5.81. The number of thioether (sulfide) groups is 1. The molecule has 1 saturated carbocycles. The molecule has 2 atom stereocenters. The highest BCUT2D eigenvalue weighted by Gasteiger charge is 2.21. The Balaban J connectivity index is 1.97. The second-order valence-electron chi connectivity index (χ2n) is 4.67. The minimum absolute atomic E-state index is 0.505. The van der Waals surface area contributed by atoms with Gasteiger partial charge in [0.1, 0.15) is 0 Å². The summed E-state index contributed by atoms with van der Waals surface area (Å²) >= 11 is 1.97. The van der Waals surface area contributed by atoms with Gasteiger partial charge < -0.3 is 5.32 Å². The monoisotopic (exact) mass is 252 g/mol. The van der Waals surface area contributed by atoms with Crippen molar-refractivity contribution in [1.29, 1.82) is 0 Å². The van der Waals surface area contributed by atoms with E-state index in [4.69, 9.17) is 0 Å². The number of hydrogen-bond acceptors (Lipinski definition) is 5. The summed E-state index contributed by atoms with van der Waals surface area (Å²) in [6.07, 6.45) is 7.25. The van der Waals surface area contributed by atoms with Crippen LogP contribution in [0.4, 0.5) is 5.95 Å². The van der Waals surface area contributed by atoms with Crippen LogP contribution in [0, 0.1) is 13.8 Å². The lowest BCUT2D eigenvalue weighted by Crippen LogP contribution is -2.29. The molecule has 1 aromatic heterocycles. The third kappa shape index (κ3) is 3.31. The molecule has 0 radical (unpaired) electrons. The van der Waals surface area contributed by atoms with Gasteiger partial charge in [0.2, 0.25) is 5.95 Å². The maximum atomic E-state index is 4.43. The highest BCUT2D eigenvalue weighted by atomic mass is 32.2. The summed E-state index contributed by atoms with van der Waals surface area (Å²) < 4.78 is 0. The van der Waals surface area contributed by atoms with E-state index < -0.39 is 0 Å². The van der Waals surface area contributed by atoms with Crippen molar-refractivity contribution in [3.63, 3.8) is 0 Å². The Morgan fingerprint density at radius 2 is 2.00 bits per heavy atom. The highest BCUT2D eigenvalue weighted by Crippen LogP contribution is 2.28. The lowest BCUT2D eigenvalue weighted by atomic mass is 9.95. The molecule has 0 saturated heterocycles. The van der Waals surface area contributed by atoms with Crippen LogP contribution in [0.3, 0.4) is 0 Å². The van der Waals surface area contributed by atoms with E-state index >= 15 is 0 Å². The van der Waals surface area contributed by atoms with Crippen LogP contribution in [-0.2, 0) is 0 Å². The van der Waals surface area contributed by atoms with E-state index in [2.05, 4.69) is 26.8 Å². The fourth-order valence-corrected chi connectivity index (χ4v) is 3.02. The van der Waals surface area contributed by atoms with Crippen molar-refractivity contribution in [2.24, 2.45) is 0 Å². The maximum absolute atomic E-state index is 4.43. The normalized spacial score (nSPS) is 24.6. The van der Waals surface area contributed by atoms with Gasteiger partial charge in [0, 0.05) is 11.3 Å². The molecule has 1 heterocycles. The molecular weight excluding hydrogens is 232 g/mol. The summed E-state index contributed by atoms with van der Waals surface area (Å²) in [5.74, 6) is 0.680. The minimum atomic E-state index is 0.505. The fraction of sp³-hybridized carbons (Fsp3) is 0.750. The molecule has 1 aliphatic rings. The smallest absolute Gasteiger partial charge is 0.243 e. The van der Waals surface area contributed by atoms with Crippen LogP contribution in [0.2, 0.25) is 0 Å². The Morgan fingerprint density at radius 3 is 2.71 bits per heavy atom. The summed E-state index contributed by atoms with van der Waals surface area (Å²) in [4.78, 5) is 4.43. The Morgan fingerprint density at radius 1 is 1.18 bits per heavy atom. The number of nitrogens with zero attached hydrogens (tertiary/aromatic N) is 3. The van der Waals surface area contributed by atoms with Crippen molar-refractivity contribution < 1.29 is 0 Å². The zero-order valence-electron chi connectivity index (χ0n) is 10.7. The van der Waals surface area contributed by atoms with Gasteiger partial charge in [-0.15, -0.1) is 5.10 Å². The summed E-state index contributed by atoms with van der Waals surface area (Å²) in [5, 5.41) is 12.4. The molecule has 17 heavy (non-hydrogen) atoms. The summed E-state index contributed by atoms with van der Waals surface area (Å²) in [6, 6.07) is 0.505. The molecule has 0 aromatic carbocycles. The van der Waals surface area contributed by atoms with Crippen molar-refractivity contribution in [3.05, 3.63) is 11.4 Å². The minimum Gasteiger partial charge on any atom is -0.350 e. The predicted octanol–water partition coefficient (Wildman–Crippen LogP) is 2.57. The van der Waals surface area contributed by atoms with Gasteiger partial charge in [0.25, 0.3) is 0 Å². The van der Waals surface area contributed by atoms with Gasteiger partial charge in [-0.3, -0.25) is 0 Å². The van der Waals surface area contributed by atoms with Crippen molar-refractivity contribution in [1.82, 2.24) is 15.2 Å². The van der Waals surface area contributed by atoms with Crippen LogP contribution in [0.1, 0.15) is 37.1 Å². The zero-order chi connectivity index (χ0) is 12.3. The SMILES string of the molecule is CSC1CCCC(Nc2nnc(C)c(C)n2)C1. The molecule has 1 aliphatic carbocycles. The van der Waals surface area contributed by atoms with Gasteiger partial charge in [-0.1, -0.05) is 6.42 Å². The van der Waals surface area contributed by atoms with Gasteiger partial charge in [0.05, 0.1) is 11.4 Å². The second kappa shape index (κ2) is 5.67. The van der Waals surface area contributed by atoms with E-state index in [1.807, 2.05) is 25.6 Å². The van der Waals surface area contributed by atoms with Gasteiger partial charge >= 0.3 is 0 Å². The van der Waals surface area contributed by atoms with Crippen LogP contribution in [0.5, 0.6) is 0 Å². The van der Waals surface area contributed by atoms with E-state index in [0.717, 1.165) is 16.6 Å². The lowest BCUT2D eigenvalue weighted by molar-refractivity contribution is 0.471. The Bertz CT molecular complexity index is 383. The third-order valence-corrected chi connectivity index (χ3v) is 4.48. The molecular formula is C12H20N4S. The quantitative estimate of drug-likeness (QED) is 0.896. The molecule has 1 fully saturated rings. The fourth-order valence-electron chi connectivity index (χ4n) is 2.19. The Hall–Kier alpha value is -0.840. The number of rotatable bonds is 3. The molecule has 1 N–H and O–H groups in total. The molecule has 0 bridgehead atoms. The summed E-state index contributed by atoms with van der Waals surface area (Å²) in [5.41, 5.74) is 1.86. The van der Waals surface area contributed by atoms with Crippen molar-refractivity contribution in [2.75, 3.05) is 11.6 Å².